The molecule has 82 valence electrons. The molecule has 0 N–H and O–H groups in total. The number of hydrogen-bond acceptors (Lipinski definition) is 0. The minimum absolute atomic E-state index is 0.999. The van der Waals surface area contributed by atoms with E-state index in [0.29, 0.717) is 0 Å². The van der Waals surface area contributed by atoms with Gasteiger partial charge in [0.05, 0.1) is 0 Å². The summed E-state index contributed by atoms with van der Waals surface area (Å²) in [5.41, 5.74) is 0. The molecule has 0 bridgehead atoms. The molecule has 2 saturated carbocycles. The Bertz CT molecular complexity index is 173. The van der Waals surface area contributed by atoms with Gasteiger partial charge >= 0.3 is 0 Å². The third kappa shape index (κ3) is 2.52. The molecule has 0 aromatic heterocycles. The molecular formula is C14H26. The van der Waals surface area contributed by atoms with E-state index in [4.69, 9.17) is 0 Å². The maximum absolute atomic E-state index is 2.49. The van der Waals surface area contributed by atoms with Gasteiger partial charge < -0.3 is 0 Å². The molecule has 2 rings (SSSR count). The van der Waals surface area contributed by atoms with Crippen LogP contribution in [0.25, 0.3) is 0 Å². The third-order valence-electron chi connectivity index (χ3n) is 4.62. The van der Waals surface area contributed by atoms with E-state index in [1.165, 1.54) is 32.1 Å². The second-order valence-electron chi connectivity index (χ2n) is 5.80. The smallest absolute Gasteiger partial charge is 0.0380 e. The fraction of sp³-hybridized carbons (Fsp3) is 1.00. The first-order chi connectivity index (χ1) is 6.81. The van der Waals surface area contributed by atoms with E-state index in [2.05, 4.69) is 13.8 Å². The van der Waals surface area contributed by atoms with Crippen molar-refractivity contribution >= 4 is 0 Å². The lowest BCUT2D eigenvalue weighted by molar-refractivity contribution is 0.260. The SMILES string of the molecule is CCCC(C)C1CCCCC2CC2C1. The van der Waals surface area contributed by atoms with E-state index in [1.54, 1.807) is 19.3 Å². The van der Waals surface area contributed by atoms with Crippen molar-refractivity contribution in [3.63, 3.8) is 0 Å². The summed E-state index contributed by atoms with van der Waals surface area (Å²) in [6.07, 6.45) is 12.1. The molecule has 2 aliphatic rings. The Balaban J connectivity index is 1.83. The highest BCUT2D eigenvalue weighted by Gasteiger charge is 2.39. The Morgan fingerprint density at radius 1 is 1.07 bits per heavy atom. The Hall–Kier alpha value is 0. The summed E-state index contributed by atoms with van der Waals surface area (Å²) < 4.78 is 0. The molecular weight excluding hydrogens is 168 g/mol. The van der Waals surface area contributed by atoms with Crippen molar-refractivity contribution in [1.29, 1.82) is 0 Å². The van der Waals surface area contributed by atoms with Gasteiger partial charge in [-0.3, -0.25) is 0 Å². The average Bonchev–Trinajstić information content (AvgIpc) is 2.82. The van der Waals surface area contributed by atoms with Crippen molar-refractivity contribution in [3.05, 3.63) is 0 Å². The Kier molecular flexibility index (Phi) is 3.52. The lowest BCUT2D eigenvalue weighted by Gasteiger charge is -2.25. The number of hydrogen-bond donors (Lipinski definition) is 0. The van der Waals surface area contributed by atoms with Crippen molar-refractivity contribution in [2.75, 3.05) is 0 Å². The zero-order valence-corrected chi connectivity index (χ0v) is 9.97. The van der Waals surface area contributed by atoms with E-state index < -0.39 is 0 Å². The molecule has 0 saturated heterocycles. The molecule has 4 unspecified atom stereocenters. The highest BCUT2D eigenvalue weighted by Crippen LogP contribution is 2.50. The first kappa shape index (κ1) is 10.5. The van der Waals surface area contributed by atoms with Crippen LogP contribution < -0.4 is 0 Å². The molecule has 0 spiro atoms. The van der Waals surface area contributed by atoms with Gasteiger partial charge in [0.1, 0.15) is 0 Å². The largest absolute Gasteiger partial charge is 0.0654 e. The van der Waals surface area contributed by atoms with Crippen LogP contribution >= 0.6 is 0 Å². The van der Waals surface area contributed by atoms with Crippen molar-refractivity contribution in [3.8, 4) is 0 Å². The van der Waals surface area contributed by atoms with Crippen molar-refractivity contribution in [2.45, 2.75) is 65.2 Å². The van der Waals surface area contributed by atoms with Gasteiger partial charge in [-0.2, -0.15) is 0 Å². The molecule has 0 heterocycles. The highest BCUT2D eigenvalue weighted by molar-refractivity contribution is 4.90. The number of fused-ring (bicyclic) bond motifs is 1. The van der Waals surface area contributed by atoms with Crippen LogP contribution in [0.3, 0.4) is 0 Å². The van der Waals surface area contributed by atoms with Gasteiger partial charge in [0.15, 0.2) is 0 Å². The monoisotopic (exact) mass is 194 g/mol. The van der Waals surface area contributed by atoms with Gasteiger partial charge in [-0.25, -0.2) is 0 Å². The van der Waals surface area contributed by atoms with E-state index in [0.717, 1.165) is 23.7 Å². The normalized spacial score (nSPS) is 39.4. The quantitative estimate of drug-likeness (QED) is 0.614. The fourth-order valence-corrected chi connectivity index (χ4v) is 3.48. The van der Waals surface area contributed by atoms with Crippen molar-refractivity contribution < 1.29 is 0 Å². The highest BCUT2D eigenvalue weighted by atomic mass is 14.4. The number of rotatable bonds is 3. The molecule has 0 aromatic carbocycles. The molecule has 2 fully saturated rings. The van der Waals surface area contributed by atoms with Crippen LogP contribution in [0.15, 0.2) is 0 Å². The topological polar surface area (TPSA) is 0 Å². The molecule has 0 radical (unpaired) electrons. The van der Waals surface area contributed by atoms with Gasteiger partial charge in [-0.1, -0.05) is 52.4 Å². The Labute approximate surface area is 89.5 Å². The molecule has 14 heavy (non-hydrogen) atoms. The molecule has 0 aliphatic heterocycles. The van der Waals surface area contributed by atoms with Crippen LogP contribution in [0.4, 0.5) is 0 Å². The summed E-state index contributed by atoms with van der Waals surface area (Å²) >= 11 is 0. The van der Waals surface area contributed by atoms with E-state index >= 15 is 0 Å². The summed E-state index contributed by atoms with van der Waals surface area (Å²) in [5, 5.41) is 0. The lowest BCUT2D eigenvalue weighted by atomic mass is 9.81. The van der Waals surface area contributed by atoms with Crippen LogP contribution in [0, 0.1) is 23.7 Å². The van der Waals surface area contributed by atoms with Gasteiger partial charge in [0, 0.05) is 0 Å². The average molecular weight is 194 g/mol. The Morgan fingerprint density at radius 2 is 1.86 bits per heavy atom. The van der Waals surface area contributed by atoms with Crippen LogP contribution in [-0.4, -0.2) is 0 Å². The summed E-state index contributed by atoms with van der Waals surface area (Å²) in [4.78, 5) is 0. The minimum atomic E-state index is 0.999. The maximum atomic E-state index is 2.49. The maximum Gasteiger partial charge on any atom is -0.0380 e. The summed E-state index contributed by atoms with van der Waals surface area (Å²) in [5.74, 6) is 4.39. The molecule has 0 heteroatoms. The Morgan fingerprint density at radius 3 is 2.64 bits per heavy atom. The standard InChI is InChI=1S/C14H26/c1-3-6-11(2)12-7-4-5-8-13-10-14(13)9-12/h11-14H,3-10H2,1-2H3. The summed E-state index contributed by atoms with van der Waals surface area (Å²) in [7, 11) is 0. The van der Waals surface area contributed by atoms with E-state index in [-0.39, 0.29) is 0 Å². The molecule has 0 amide bonds. The second kappa shape index (κ2) is 4.68. The van der Waals surface area contributed by atoms with Crippen LogP contribution in [-0.2, 0) is 0 Å². The van der Waals surface area contributed by atoms with E-state index in [9.17, 15) is 0 Å². The van der Waals surface area contributed by atoms with E-state index in [1.807, 2.05) is 0 Å². The predicted octanol–water partition coefficient (Wildman–Crippen LogP) is 4.64. The molecule has 0 aromatic rings. The van der Waals surface area contributed by atoms with Crippen LogP contribution in [0.1, 0.15) is 65.2 Å². The first-order valence-electron chi connectivity index (χ1n) is 6.81. The van der Waals surface area contributed by atoms with Gasteiger partial charge in [-0.15, -0.1) is 0 Å². The lowest BCUT2D eigenvalue weighted by Crippen LogP contribution is -2.14. The van der Waals surface area contributed by atoms with Gasteiger partial charge in [0.25, 0.3) is 0 Å². The zero-order chi connectivity index (χ0) is 9.97. The minimum Gasteiger partial charge on any atom is -0.0654 e. The second-order valence-corrected chi connectivity index (χ2v) is 5.80. The third-order valence-corrected chi connectivity index (χ3v) is 4.62. The van der Waals surface area contributed by atoms with Gasteiger partial charge in [0.2, 0.25) is 0 Å². The summed E-state index contributed by atoms with van der Waals surface area (Å²) in [6.45, 7) is 4.83. The fourth-order valence-electron chi connectivity index (χ4n) is 3.48. The molecule has 2 aliphatic carbocycles. The van der Waals surface area contributed by atoms with Crippen LogP contribution in [0.5, 0.6) is 0 Å². The summed E-state index contributed by atoms with van der Waals surface area (Å²) in [6, 6.07) is 0. The molecule has 4 atom stereocenters. The van der Waals surface area contributed by atoms with Gasteiger partial charge in [-0.05, 0) is 36.5 Å². The first-order valence-corrected chi connectivity index (χ1v) is 6.81. The molecule has 0 nitrogen and oxygen atoms in total. The van der Waals surface area contributed by atoms with Crippen molar-refractivity contribution in [2.24, 2.45) is 23.7 Å². The zero-order valence-electron chi connectivity index (χ0n) is 9.97. The van der Waals surface area contributed by atoms with Crippen molar-refractivity contribution in [1.82, 2.24) is 0 Å². The van der Waals surface area contributed by atoms with Crippen LogP contribution in [0.2, 0.25) is 0 Å². The predicted molar refractivity (Wildman–Crippen MR) is 62.2 cm³/mol.